The number of nitrogens with two attached hydrogens (primary N) is 1. The molecular formula is C17H17ClN4O4. The molecule has 9 heteroatoms. The van der Waals surface area contributed by atoms with E-state index in [0.717, 1.165) is 0 Å². The predicted molar refractivity (Wildman–Crippen MR) is 94.3 cm³/mol. The van der Waals surface area contributed by atoms with Gasteiger partial charge >= 0.3 is 0 Å². The van der Waals surface area contributed by atoms with Gasteiger partial charge in [0.25, 0.3) is 0 Å². The van der Waals surface area contributed by atoms with Crippen molar-refractivity contribution < 1.29 is 20.1 Å². The number of aliphatic hydroxyl groups excluding tert-OH is 3. The molecule has 1 fully saturated rings. The quantitative estimate of drug-likeness (QED) is 0.537. The molecule has 0 aliphatic carbocycles. The molecule has 5 atom stereocenters. The summed E-state index contributed by atoms with van der Waals surface area (Å²) >= 11 is 5.86. The molecule has 0 spiro atoms. The zero-order chi connectivity index (χ0) is 18.4. The number of rotatable bonds is 3. The summed E-state index contributed by atoms with van der Waals surface area (Å²) in [7, 11) is 0. The number of benzene rings is 1. The van der Waals surface area contributed by atoms with Crippen LogP contribution in [-0.2, 0) is 4.74 Å². The summed E-state index contributed by atoms with van der Waals surface area (Å²) in [6, 6.07) is 8.25. The molecule has 1 aromatic carbocycles. The number of fused-ring (bicyclic) bond motifs is 1. The number of nitrogens with zero attached hydrogens (tertiary/aromatic N) is 3. The van der Waals surface area contributed by atoms with Gasteiger partial charge in [0.1, 0.15) is 42.2 Å². The third-order valence-corrected chi connectivity index (χ3v) is 4.86. The minimum Gasteiger partial charge on any atom is -0.387 e. The van der Waals surface area contributed by atoms with Crippen molar-refractivity contribution in [1.29, 1.82) is 0 Å². The summed E-state index contributed by atoms with van der Waals surface area (Å²) in [5.74, 6) is 0.305. The van der Waals surface area contributed by atoms with E-state index >= 15 is 0 Å². The highest BCUT2D eigenvalue weighted by molar-refractivity contribution is 6.30. The molecule has 0 radical (unpaired) electrons. The third kappa shape index (κ3) is 2.72. The average molecular weight is 377 g/mol. The van der Waals surface area contributed by atoms with Crippen LogP contribution in [0.5, 0.6) is 0 Å². The molecule has 5 N–H and O–H groups in total. The second-order valence-electron chi connectivity index (χ2n) is 6.19. The topological polar surface area (TPSA) is 127 Å². The van der Waals surface area contributed by atoms with Crippen LogP contribution in [-0.4, -0.2) is 48.2 Å². The SMILES string of the molecule is Nc1ncnc2c1ccn2[C@@H]1OC([C@H](O)c2ccc(Cl)cc2)[C@@H](O)[C@H]1O. The van der Waals surface area contributed by atoms with Gasteiger partial charge in [0.05, 0.1) is 5.39 Å². The van der Waals surface area contributed by atoms with E-state index in [1.807, 2.05) is 0 Å². The molecule has 1 unspecified atom stereocenters. The van der Waals surface area contributed by atoms with Crippen LogP contribution in [0.2, 0.25) is 5.02 Å². The first-order valence-corrected chi connectivity index (χ1v) is 8.37. The van der Waals surface area contributed by atoms with Crippen molar-refractivity contribution in [3.63, 3.8) is 0 Å². The van der Waals surface area contributed by atoms with Gasteiger partial charge in [-0.3, -0.25) is 0 Å². The van der Waals surface area contributed by atoms with Gasteiger partial charge < -0.3 is 30.4 Å². The second kappa shape index (κ2) is 6.49. The molecule has 1 aliphatic heterocycles. The lowest BCUT2D eigenvalue weighted by atomic mass is 9.99. The average Bonchev–Trinajstić information content (AvgIpc) is 3.18. The molecule has 8 nitrogen and oxygen atoms in total. The van der Waals surface area contributed by atoms with Crippen LogP contribution in [0.4, 0.5) is 5.82 Å². The lowest BCUT2D eigenvalue weighted by Gasteiger charge is -2.21. The van der Waals surface area contributed by atoms with E-state index in [-0.39, 0.29) is 0 Å². The Morgan fingerprint density at radius 3 is 2.58 bits per heavy atom. The summed E-state index contributed by atoms with van der Waals surface area (Å²) < 4.78 is 7.37. The van der Waals surface area contributed by atoms with E-state index in [1.54, 1.807) is 41.1 Å². The van der Waals surface area contributed by atoms with Gasteiger partial charge in [-0.2, -0.15) is 0 Å². The largest absolute Gasteiger partial charge is 0.387 e. The highest BCUT2D eigenvalue weighted by atomic mass is 35.5. The van der Waals surface area contributed by atoms with E-state index in [1.165, 1.54) is 6.33 Å². The number of nitrogen functional groups attached to an aromatic ring is 1. The maximum Gasteiger partial charge on any atom is 0.164 e. The monoisotopic (exact) mass is 376 g/mol. The Morgan fingerprint density at radius 1 is 1.12 bits per heavy atom. The van der Waals surface area contributed by atoms with E-state index in [2.05, 4.69) is 9.97 Å². The molecule has 0 amide bonds. The van der Waals surface area contributed by atoms with Crippen LogP contribution in [0.15, 0.2) is 42.9 Å². The van der Waals surface area contributed by atoms with Gasteiger partial charge in [-0.25, -0.2) is 9.97 Å². The van der Waals surface area contributed by atoms with Crippen molar-refractivity contribution in [2.45, 2.75) is 30.6 Å². The van der Waals surface area contributed by atoms with Gasteiger partial charge in [-0.15, -0.1) is 0 Å². The van der Waals surface area contributed by atoms with Crippen LogP contribution in [0.25, 0.3) is 11.0 Å². The number of aromatic nitrogens is 3. The van der Waals surface area contributed by atoms with Crippen molar-refractivity contribution in [2.24, 2.45) is 0 Å². The van der Waals surface area contributed by atoms with Gasteiger partial charge in [0, 0.05) is 11.2 Å². The Morgan fingerprint density at radius 2 is 1.85 bits per heavy atom. The maximum absolute atomic E-state index is 10.6. The van der Waals surface area contributed by atoms with Gasteiger partial charge in [-0.05, 0) is 23.8 Å². The highest BCUT2D eigenvalue weighted by Crippen LogP contribution is 2.37. The number of anilines is 1. The number of hydrogen-bond acceptors (Lipinski definition) is 7. The summed E-state index contributed by atoms with van der Waals surface area (Å²) in [6.07, 6.45) is -2.67. The van der Waals surface area contributed by atoms with E-state index in [0.29, 0.717) is 27.4 Å². The Kier molecular flexibility index (Phi) is 4.29. The first-order chi connectivity index (χ1) is 12.5. The molecule has 2 aromatic heterocycles. The molecule has 3 aromatic rings. The molecule has 0 saturated carbocycles. The third-order valence-electron chi connectivity index (χ3n) is 4.61. The van der Waals surface area contributed by atoms with Gasteiger partial charge in [0.2, 0.25) is 0 Å². The number of ether oxygens (including phenoxy) is 1. The normalized spacial score (nSPS) is 27.1. The zero-order valence-corrected chi connectivity index (χ0v) is 14.2. The number of hydrogen-bond donors (Lipinski definition) is 4. The van der Waals surface area contributed by atoms with Gasteiger partial charge in [0.15, 0.2) is 6.23 Å². The molecule has 4 rings (SSSR count). The summed E-state index contributed by atoms with van der Waals surface area (Å²) in [5, 5.41) is 32.6. The fourth-order valence-electron chi connectivity index (χ4n) is 3.22. The lowest BCUT2D eigenvalue weighted by Crippen LogP contribution is -2.34. The summed E-state index contributed by atoms with van der Waals surface area (Å²) in [6.45, 7) is 0. The van der Waals surface area contributed by atoms with Crippen LogP contribution < -0.4 is 5.73 Å². The molecule has 136 valence electrons. The Bertz CT molecular complexity index is 932. The summed E-state index contributed by atoms with van der Waals surface area (Å²) in [5.41, 5.74) is 6.82. The molecule has 26 heavy (non-hydrogen) atoms. The van der Waals surface area contributed by atoms with E-state index in [4.69, 9.17) is 22.1 Å². The Labute approximate surface area is 153 Å². The van der Waals surface area contributed by atoms with Crippen LogP contribution in [0, 0.1) is 0 Å². The molecular weight excluding hydrogens is 360 g/mol. The minimum atomic E-state index is -1.29. The molecule has 1 saturated heterocycles. The second-order valence-corrected chi connectivity index (χ2v) is 6.62. The van der Waals surface area contributed by atoms with Crippen molar-refractivity contribution >= 4 is 28.5 Å². The highest BCUT2D eigenvalue weighted by Gasteiger charge is 2.47. The first-order valence-electron chi connectivity index (χ1n) is 7.99. The zero-order valence-electron chi connectivity index (χ0n) is 13.5. The Balaban J connectivity index is 1.65. The smallest absolute Gasteiger partial charge is 0.164 e. The van der Waals surface area contributed by atoms with E-state index < -0.39 is 30.6 Å². The lowest BCUT2D eigenvalue weighted by molar-refractivity contribution is -0.0848. The van der Waals surface area contributed by atoms with E-state index in [9.17, 15) is 15.3 Å². The fourth-order valence-corrected chi connectivity index (χ4v) is 3.35. The minimum absolute atomic E-state index is 0.305. The van der Waals surface area contributed by atoms with Crippen molar-refractivity contribution in [2.75, 3.05) is 5.73 Å². The summed E-state index contributed by atoms with van der Waals surface area (Å²) in [4.78, 5) is 8.09. The fraction of sp³-hybridized carbons (Fsp3) is 0.294. The molecule has 3 heterocycles. The first kappa shape index (κ1) is 17.2. The Hall–Kier alpha value is -2.23. The number of aliphatic hydroxyl groups is 3. The molecule has 0 bridgehead atoms. The van der Waals surface area contributed by atoms with Crippen molar-refractivity contribution in [3.8, 4) is 0 Å². The predicted octanol–water partition coefficient (Wildman–Crippen LogP) is 1.02. The van der Waals surface area contributed by atoms with Crippen LogP contribution in [0.1, 0.15) is 17.9 Å². The van der Waals surface area contributed by atoms with Crippen LogP contribution in [0.3, 0.4) is 0 Å². The number of halogens is 1. The van der Waals surface area contributed by atoms with Crippen molar-refractivity contribution in [3.05, 3.63) is 53.4 Å². The van der Waals surface area contributed by atoms with Crippen molar-refractivity contribution in [1.82, 2.24) is 14.5 Å². The van der Waals surface area contributed by atoms with Crippen LogP contribution >= 0.6 is 11.6 Å². The van der Waals surface area contributed by atoms with Gasteiger partial charge in [-0.1, -0.05) is 23.7 Å². The standard InChI is InChI=1S/C17H17ClN4O4/c18-9-3-1-8(2-4-9)11(23)14-12(24)13(25)17(26-14)22-6-5-10-15(19)20-7-21-16(10)22/h1-7,11-14,17,23-25H,(H2,19,20,21)/t11-,12+,13-,14?,17-/m1/s1. The maximum atomic E-state index is 10.6. The molecule has 1 aliphatic rings.